The molecule has 0 aromatic rings. The summed E-state index contributed by atoms with van der Waals surface area (Å²) in [5.74, 6) is 0. The zero-order valence-corrected chi connectivity index (χ0v) is 20.9. The molecule has 4 aliphatic carbocycles. The van der Waals surface area contributed by atoms with Gasteiger partial charge in [-0.2, -0.15) is 0 Å². The van der Waals surface area contributed by atoms with Crippen LogP contribution in [0.1, 0.15) is 78.1 Å². The van der Waals surface area contributed by atoms with Crippen LogP contribution < -0.4 is 24.8 Å². The number of halogens is 2. The standard InChI is InChI=1S/2C12H17.2ClH.Zr/c2*1-2-12(9-5-6-10-12)11-7-3-4-8-11;;;/h2*3-4,7-8H,2,5-6,9-10H2,1H3;2*1H;/q;;;;+2/p-2. The Hall–Kier alpha value is 0.423. The van der Waals surface area contributed by atoms with Crippen molar-refractivity contribution >= 4 is 0 Å². The summed E-state index contributed by atoms with van der Waals surface area (Å²) >= 11 is -0.768. The van der Waals surface area contributed by atoms with Crippen LogP contribution in [0, 0.1) is 10.8 Å². The summed E-state index contributed by atoms with van der Waals surface area (Å²) in [4.78, 5) is 0. The minimum Gasteiger partial charge on any atom is -1.00 e. The van der Waals surface area contributed by atoms with E-state index in [-0.39, 0.29) is 24.8 Å². The number of rotatable bonds is 6. The Balaban J connectivity index is 0.00000131. The van der Waals surface area contributed by atoms with Gasteiger partial charge >= 0.3 is 167 Å². The van der Waals surface area contributed by atoms with E-state index in [1.807, 2.05) is 0 Å². The van der Waals surface area contributed by atoms with Gasteiger partial charge in [-0.15, -0.1) is 0 Å². The first kappa shape index (κ1) is 23.7. The van der Waals surface area contributed by atoms with Crippen LogP contribution in [0.3, 0.4) is 0 Å². The molecule has 3 heteroatoms. The van der Waals surface area contributed by atoms with E-state index in [2.05, 4.69) is 62.5 Å². The zero-order valence-electron chi connectivity index (χ0n) is 16.9. The quantitative estimate of drug-likeness (QED) is 0.537. The Labute approximate surface area is 190 Å². The molecule has 0 unspecified atom stereocenters. The van der Waals surface area contributed by atoms with Crippen molar-refractivity contribution in [2.45, 2.75) is 84.3 Å². The van der Waals surface area contributed by atoms with E-state index in [9.17, 15) is 0 Å². The van der Waals surface area contributed by atoms with E-state index in [4.69, 9.17) is 0 Å². The van der Waals surface area contributed by atoms with E-state index in [0.717, 1.165) is 0 Å². The van der Waals surface area contributed by atoms with Gasteiger partial charge in [-0.3, -0.25) is 0 Å². The number of allylic oxidation sites excluding steroid dienone is 8. The fourth-order valence-corrected chi connectivity index (χ4v) is 13.5. The second kappa shape index (κ2) is 9.06. The van der Waals surface area contributed by atoms with E-state index in [0.29, 0.717) is 17.1 Å². The Kier molecular flexibility index (Phi) is 7.95. The normalized spacial score (nSPS) is 27.3. The minimum absolute atomic E-state index is 0. The molecule has 148 valence electrons. The maximum atomic E-state index is 2.67. The fraction of sp³-hybridized carbons (Fsp3) is 0.667. The molecule has 0 atom stereocenters. The van der Waals surface area contributed by atoms with Crippen LogP contribution in [0.4, 0.5) is 0 Å². The minimum atomic E-state index is -0.768. The molecule has 27 heavy (non-hydrogen) atoms. The third-order valence-corrected chi connectivity index (χ3v) is 14.6. The molecule has 0 aromatic heterocycles. The van der Waals surface area contributed by atoms with Crippen molar-refractivity contribution in [3.05, 3.63) is 48.6 Å². The predicted octanol–water partition coefficient (Wildman–Crippen LogP) is 1.59. The molecule has 0 spiro atoms. The first-order valence-electron chi connectivity index (χ1n) is 10.7. The summed E-state index contributed by atoms with van der Waals surface area (Å²) in [5.41, 5.74) is 1.13. The van der Waals surface area contributed by atoms with E-state index in [1.165, 1.54) is 64.2 Å². The van der Waals surface area contributed by atoms with Gasteiger partial charge in [-0.05, 0) is 0 Å². The average molecular weight is 485 g/mol. The summed E-state index contributed by atoms with van der Waals surface area (Å²) in [7, 11) is 0. The van der Waals surface area contributed by atoms with Crippen LogP contribution in [-0.2, 0) is 23.2 Å². The van der Waals surface area contributed by atoms with Gasteiger partial charge in [0.25, 0.3) is 0 Å². The van der Waals surface area contributed by atoms with Crippen molar-refractivity contribution in [1.29, 1.82) is 0 Å². The molecule has 2 fully saturated rings. The van der Waals surface area contributed by atoms with Crippen molar-refractivity contribution in [2.24, 2.45) is 10.8 Å². The number of hydrogen-bond donors (Lipinski definition) is 0. The first-order valence-corrected chi connectivity index (χ1v) is 13.1. The summed E-state index contributed by atoms with van der Waals surface area (Å²) in [5, 5.41) is 0. The smallest absolute Gasteiger partial charge is 1.00 e. The molecule has 0 radical (unpaired) electrons. The molecule has 0 amide bonds. The van der Waals surface area contributed by atoms with Gasteiger partial charge < -0.3 is 24.8 Å². The van der Waals surface area contributed by atoms with Crippen LogP contribution in [0.5, 0.6) is 0 Å². The van der Waals surface area contributed by atoms with Gasteiger partial charge in [0.1, 0.15) is 0 Å². The average Bonchev–Trinajstić information content (AvgIpc) is 3.41. The largest absolute Gasteiger partial charge is 1.00 e. The van der Waals surface area contributed by atoms with Crippen molar-refractivity contribution in [1.82, 2.24) is 0 Å². The Bertz CT molecular complexity index is 538. The van der Waals surface area contributed by atoms with Crippen molar-refractivity contribution in [3.8, 4) is 0 Å². The van der Waals surface area contributed by atoms with Gasteiger partial charge in [0.15, 0.2) is 0 Å². The van der Waals surface area contributed by atoms with Crippen LogP contribution >= 0.6 is 0 Å². The van der Waals surface area contributed by atoms with Crippen LogP contribution in [0.15, 0.2) is 48.6 Å². The topological polar surface area (TPSA) is 0 Å². The predicted molar refractivity (Wildman–Crippen MR) is 104 cm³/mol. The Morgan fingerprint density at radius 2 is 0.889 bits per heavy atom. The molecule has 0 N–H and O–H groups in total. The van der Waals surface area contributed by atoms with E-state index in [1.54, 1.807) is 0 Å². The van der Waals surface area contributed by atoms with Gasteiger partial charge in [0.2, 0.25) is 0 Å². The third kappa shape index (κ3) is 3.57. The maximum Gasteiger partial charge on any atom is -1.00 e. The Morgan fingerprint density at radius 1 is 0.593 bits per heavy atom. The summed E-state index contributed by atoms with van der Waals surface area (Å²) < 4.78 is 0.872. The molecule has 0 aromatic carbocycles. The monoisotopic (exact) mass is 482 g/mol. The summed E-state index contributed by atoms with van der Waals surface area (Å²) in [6, 6.07) is 0. The van der Waals surface area contributed by atoms with Gasteiger partial charge in [-0.1, -0.05) is 0 Å². The van der Waals surface area contributed by atoms with Gasteiger partial charge in [0, 0.05) is 0 Å². The van der Waals surface area contributed by atoms with Crippen LogP contribution in [0.25, 0.3) is 0 Å². The van der Waals surface area contributed by atoms with Gasteiger partial charge in [0.05, 0.1) is 0 Å². The molecule has 4 rings (SSSR count). The van der Waals surface area contributed by atoms with Gasteiger partial charge in [-0.25, -0.2) is 0 Å². The molecular formula is C24H34Cl2Zr. The second-order valence-corrected chi connectivity index (χ2v) is 13.7. The van der Waals surface area contributed by atoms with E-state index >= 15 is 0 Å². The molecule has 0 heterocycles. The second-order valence-electron chi connectivity index (χ2n) is 8.98. The van der Waals surface area contributed by atoms with Crippen molar-refractivity contribution in [2.75, 3.05) is 0 Å². The molecule has 0 saturated heterocycles. The maximum absolute atomic E-state index is 2.67. The molecule has 0 bridgehead atoms. The van der Waals surface area contributed by atoms with E-state index < -0.39 is 23.2 Å². The summed E-state index contributed by atoms with van der Waals surface area (Å²) in [6.07, 6.45) is 34.6. The first-order chi connectivity index (χ1) is 12.2. The molecule has 0 nitrogen and oxygen atoms in total. The Morgan fingerprint density at radius 3 is 1.15 bits per heavy atom. The van der Waals surface area contributed by atoms with Crippen LogP contribution in [0.2, 0.25) is 6.25 Å². The molecule has 0 aliphatic heterocycles. The molecule has 4 aliphatic rings. The van der Waals surface area contributed by atoms with Crippen molar-refractivity contribution in [3.63, 3.8) is 0 Å². The molecular weight excluding hydrogens is 450 g/mol. The fourth-order valence-electron chi connectivity index (χ4n) is 6.64. The number of hydrogen-bond acceptors (Lipinski definition) is 0. The van der Waals surface area contributed by atoms with Crippen LogP contribution in [-0.4, -0.2) is 0 Å². The van der Waals surface area contributed by atoms with Crippen molar-refractivity contribution < 1.29 is 48.0 Å². The third-order valence-electron chi connectivity index (χ3n) is 8.30. The summed E-state index contributed by atoms with van der Waals surface area (Å²) in [6.45, 7) is 4.95. The SMILES string of the molecule is CCC1([C]2([Zr+2][C]3(C4(CC)CCCC4)C=CC=C3)C=CC=C2)CCCC1.[Cl-].[Cl-]. The molecule has 2 saturated carbocycles. The zero-order chi connectivity index (χ0) is 17.4.